The van der Waals surface area contributed by atoms with E-state index in [-0.39, 0.29) is 17.9 Å². The zero-order valence-electron chi connectivity index (χ0n) is 10.4. The summed E-state index contributed by atoms with van der Waals surface area (Å²) in [5, 5.41) is 15.2. The number of hydrogen-bond donors (Lipinski definition) is 1. The van der Waals surface area contributed by atoms with Crippen LogP contribution in [-0.2, 0) is 14.9 Å². The number of carbonyl (C=O) groups excluding carboxylic acids is 1. The standard InChI is InChI=1S/C11H11N5O3/c1-3-19-9(17)11(2,5-12)7-4-8-14-15-10(18)16(8)6-13-7/h4,6H,3H2,1-2H3,(H,15,18). The van der Waals surface area contributed by atoms with E-state index >= 15 is 0 Å². The first-order valence-electron chi connectivity index (χ1n) is 5.54. The first-order valence-corrected chi connectivity index (χ1v) is 5.54. The molecule has 0 aliphatic heterocycles. The van der Waals surface area contributed by atoms with Crippen LogP contribution >= 0.6 is 0 Å². The second-order valence-corrected chi connectivity index (χ2v) is 3.99. The number of fused-ring (bicyclic) bond motifs is 1. The second-order valence-electron chi connectivity index (χ2n) is 3.99. The summed E-state index contributed by atoms with van der Waals surface area (Å²) in [4.78, 5) is 27.1. The van der Waals surface area contributed by atoms with Crippen molar-refractivity contribution >= 4 is 11.6 Å². The molecule has 0 amide bonds. The maximum absolute atomic E-state index is 11.9. The van der Waals surface area contributed by atoms with Crippen LogP contribution in [0.4, 0.5) is 0 Å². The normalized spacial score (nSPS) is 13.7. The number of hydrogen-bond acceptors (Lipinski definition) is 6. The lowest BCUT2D eigenvalue weighted by atomic mass is 9.88. The summed E-state index contributed by atoms with van der Waals surface area (Å²) < 4.78 is 6.04. The van der Waals surface area contributed by atoms with Gasteiger partial charge in [0.05, 0.1) is 18.4 Å². The summed E-state index contributed by atoms with van der Waals surface area (Å²) in [6.07, 6.45) is 1.21. The summed E-state index contributed by atoms with van der Waals surface area (Å²) in [5.74, 6) is -0.688. The first kappa shape index (κ1) is 12.8. The Morgan fingerprint density at radius 1 is 1.68 bits per heavy atom. The maximum Gasteiger partial charge on any atom is 0.348 e. The highest BCUT2D eigenvalue weighted by atomic mass is 16.5. The molecule has 8 nitrogen and oxygen atoms in total. The molecule has 2 rings (SSSR count). The molecule has 2 aromatic heterocycles. The maximum atomic E-state index is 11.9. The topological polar surface area (TPSA) is 113 Å². The van der Waals surface area contributed by atoms with E-state index in [0.29, 0.717) is 0 Å². The fraction of sp³-hybridized carbons (Fsp3) is 0.364. The van der Waals surface area contributed by atoms with Gasteiger partial charge in [0.2, 0.25) is 0 Å². The lowest BCUT2D eigenvalue weighted by Crippen LogP contribution is -2.34. The molecule has 0 fully saturated rings. The largest absolute Gasteiger partial charge is 0.465 e. The van der Waals surface area contributed by atoms with Crippen LogP contribution in [0.25, 0.3) is 5.65 Å². The molecule has 0 spiro atoms. The molecule has 1 atom stereocenters. The third kappa shape index (κ3) is 1.95. The number of nitriles is 1. The van der Waals surface area contributed by atoms with Gasteiger partial charge in [-0.3, -0.25) is 0 Å². The SMILES string of the molecule is CCOC(=O)C(C)(C#N)c1cc2n[nH]c(=O)n2cn1. The van der Waals surface area contributed by atoms with E-state index in [4.69, 9.17) is 4.74 Å². The molecule has 19 heavy (non-hydrogen) atoms. The molecule has 0 saturated carbocycles. The number of carbonyl (C=O) groups is 1. The molecule has 0 bridgehead atoms. The van der Waals surface area contributed by atoms with Crippen LogP contribution < -0.4 is 5.69 Å². The van der Waals surface area contributed by atoms with Gasteiger partial charge in [0, 0.05) is 6.07 Å². The molecule has 98 valence electrons. The van der Waals surface area contributed by atoms with Gasteiger partial charge in [-0.05, 0) is 13.8 Å². The Balaban J connectivity index is 2.55. The van der Waals surface area contributed by atoms with E-state index in [1.54, 1.807) is 6.92 Å². The molecule has 8 heteroatoms. The van der Waals surface area contributed by atoms with E-state index in [1.165, 1.54) is 23.7 Å². The third-order valence-corrected chi connectivity index (χ3v) is 2.73. The minimum Gasteiger partial charge on any atom is -0.465 e. The van der Waals surface area contributed by atoms with Crippen LogP contribution in [-0.4, -0.2) is 32.2 Å². The van der Waals surface area contributed by atoms with E-state index in [1.807, 2.05) is 6.07 Å². The van der Waals surface area contributed by atoms with Crippen molar-refractivity contribution in [3.63, 3.8) is 0 Å². The molecule has 0 radical (unpaired) electrons. The Labute approximate surface area is 107 Å². The Kier molecular flexibility index (Phi) is 3.04. The van der Waals surface area contributed by atoms with Gasteiger partial charge in [-0.15, -0.1) is 0 Å². The number of nitrogens with one attached hydrogen (secondary N) is 1. The zero-order valence-corrected chi connectivity index (χ0v) is 10.4. The van der Waals surface area contributed by atoms with Crippen molar-refractivity contribution in [3.05, 3.63) is 28.6 Å². The van der Waals surface area contributed by atoms with Crippen molar-refractivity contribution in [1.82, 2.24) is 19.6 Å². The van der Waals surface area contributed by atoms with Crippen molar-refractivity contribution in [1.29, 1.82) is 5.26 Å². The van der Waals surface area contributed by atoms with Crippen LogP contribution in [0.1, 0.15) is 19.5 Å². The molecular weight excluding hydrogens is 250 g/mol. The van der Waals surface area contributed by atoms with Crippen molar-refractivity contribution in [3.8, 4) is 6.07 Å². The molecule has 1 unspecified atom stereocenters. The van der Waals surface area contributed by atoms with Gasteiger partial charge in [0.15, 0.2) is 11.1 Å². The highest BCUT2D eigenvalue weighted by Crippen LogP contribution is 2.23. The van der Waals surface area contributed by atoms with Gasteiger partial charge in [0.25, 0.3) is 0 Å². The van der Waals surface area contributed by atoms with Gasteiger partial charge < -0.3 is 4.74 Å². The molecule has 0 aliphatic carbocycles. The zero-order chi connectivity index (χ0) is 14.0. The Morgan fingerprint density at radius 3 is 3.05 bits per heavy atom. The summed E-state index contributed by atoms with van der Waals surface area (Å²) in [5.41, 5.74) is -1.52. The van der Waals surface area contributed by atoms with Gasteiger partial charge in [-0.25, -0.2) is 24.1 Å². The average molecular weight is 261 g/mol. The number of ether oxygens (including phenoxy) is 1. The first-order chi connectivity index (χ1) is 9.02. The van der Waals surface area contributed by atoms with Crippen LogP contribution in [0.5, 0.6) is 0 Å². The molecule has 2 heterocycles. The number of esters is 1. The van der Waals surface area contributed by atoms with Gasteiger partial charge in [-0.2, -0.15) is 10.4 Å². The molecule has 0 aromatic carbocycles. The lowest BCUT2D eigenvalue weighted by Gasteiger charge is -2.18. The van der Waals surface area contributed by atoms with E-state index in [0.717, 1.165) is 0 Å². The Hall–Kier alpha value is -2.69. The van der Waals surface area contributed by atoms with Gasteiger partial charge >= 0.3 is 11.7 Å². The monoisotopic (exact) mass is 261 g/mol. The fourth-order valence-electron chi connectivity index (χ4n) is 1.57. The number of rotatable bonds is 3. The predicted molar refractivity (Wildman–Crippen MR) is 63.2 cm³/mol. The van der Waals surface area contributed by atoms with Crippen molar-refractivity contribution < 1.29 is 9.53 Å². The van der Waals surface area contributed by atoms with Crippen LogP contribution in [0.15, 0.2) is 17.2 Å². The van der Waals surface area contributed by atoms with Crippen molar-refractivity contribution in [2.24, 2.45) is 0 Å². The average Bonchev–Trinajstić information content (AvgIpc) is 2.79. The van der Waals surface area contributed by atoms with Crippen molar-refractivity contribution in [2.45, 2.75) is 19.3 Å². The van der Waals surface area contributed by atoms with E-state index in [2.05, 4.69) is 15.2 Å². The van der Waals surface area contributed by atoms with Crippen LogP contribution in [0.3, 0.4) is 0 Å². The molecule has 2 aromatic rings. The highest BCUT2D eigenvalue weighted by molar-refractivity contribution is 5.85. The highest BCUT2D eigenvalue weighted by Gasteiger charge is 2.39. The molecule has 0 aliphatic rings. The number of H-pyrrole nitrogens is 1. The number of aromatic amines is 1. The van der Waals surface area contributed by atoms with E-state index in [9.17, 15) is 14.9 Å². The van der Waals surface area contributed by atoms with Crippen LogP contribution in [0.2, 0.25) is 0 Å². The smallest absolute Gasteiger partial charge is 0.348 e. The van der Waals surface area contributed by atoms with E-state index < -0.39 is 17.1 Å². The quantitative estimate of drug-likeness (QED) is 0.763. The lowest BCUT2D eigenvalue weighted by molar-refractivity contribution is -0.147. The summed E-state index contributed by atoms with van der Waals surface area (Å²) in [7, 11) is 0. The summed E-state index contributed by atoms with van der Waals surface area (Å²) in [6.45, 7) is 3.23. The van der Waals surface area contributed by atoms with Crippen LogP contribution in [0, 0.1) is 11.3 Å². The molecular formula is C11H11N5O3. The predicted octanol–water partition coefficient (Wildman–Crippen LogP) is -0.238. The third-order valence-electron chi connectivity index (χ3n) is 2.73. The summed E-state index contributed by atoms with van der Waals surface area (Å²) >= 11 is 0. The second kappa shape index (κ2) is 4.53. The minimum atomic E-state index is -1.53. The Bertz CT molecular complexity index is 726. The number of aromatic nitrogens is 4. The van der Waals surface area contributed by atoms with Gasteiger partial charge in [0.1, 0.15) is 6.33 Å². The van der Waals surface area contributed by atoms with Gasteiger partial charge in [-0.1, -0.05) is 0 Å². The molecule has 1 N–H and O–H groups in total. The Morgan fingerprint density at radius 2 is 2.42 bits per heavy atom. The summed E-state index contributed by atoms with van der Waals surface area (Å²) in [6, 6.07) is 3.29. The minimum absolute atomic E-state index is 0.167. The number of nitrogens with zero attached hydrogens (tertiary/aromatic N) is 4. The van der Waals surface area contributed by atoms with Crippen molar-refractivity contribution in [2.75, 3.05) is 6.61 Å². The fourth-order valence-corrected chi connectivity index (χ4v) is 1.57. The molecule has 0 saturated heterocycles.